The van der Waals surface area contributed by atoms with Crippen molar-refractivity contribution in [2.24, 2.45) is 5.73 Å². The first-order valence-electron chi connectivity index (χ1n) is 6.01. The van der Waals surface area contributed by atoms with Crippen LogP contribution in [0, 0.1) is 5.82 Å². The van der Waals surface area contributed by atoms with Gasteiger partial charge in [-0.2, -0.15) is 0 Å². The molecule has 1 aliphatic heterocycles. The van der Waals surface area contributed by atoms with Crippen molar-refractivity contribution in [3.63, 3.8) is 0 Å². The Kier molecular flexibility index (Phi) is 3.08. The number of likely N-dealkylation sites (tertiary alicyclic amines) is 1. The van der Waals surface area contributed by atoms with Crippen molar-refractivity contribution in [3.8, 4) is 0 Å². The third-order valence-corrected chi connectivity index (χ3v) is 4.29. The van der Waals surface area contributed by atoms with Crippen LogP contribution in [0.4, 0.5) is 4.39 Å². The third kappa shape index (κ3) is 2.15. The fraction of sp³-hybridized carbons (Fsp3) is 0.214. The first kappa shape index (κ1) is 12.3. The minimum atomic E-state index is -0.459. The largest absolute Gasteiger partial charge is 0.327 e. The molecule has 3 nitrogen and oxygen atoms in total. The van der Waals surface area contributed by atoms with Crippen molar-refractivity contribution < 1.29 is 9.18 Å². The van der Waals surface area contributed by atoms with Crippen molar-refractivity contribution in [3.05, 3.63) is 58.0 Å². The highest BCUT2D eigenvalue weighted by Crippen LogP contribution is 2.37. The van der Waals surface area contributed by atoms with E-state index in [2.05, 4.69) is 0 Å². The minimum Gasteiger partial charge on any atom is -0.327 e. The van der Waals surface area contributed by atoms with Crippen LogP contribution in [-0.4, -0.2) is 16.8 Å². The first-order chi connectivity index (χ1) is 9.16. The van der Waals surface area contributed by atoms with E-state index in [9.17, 15) is 9.18 Å². The number of carbonyl (C=O) groups is 1. The van der Waals surface area contributed by atoms with Crippen LogP contribution in [0.15, 0.2) is 41.8 Å². The maximum Gasteiger partial charge on any atom is 0.242 e. The van der Waals surface area contributed by atoms with Gasteiger partial charge in [-0.3, -0.25) is 4.79 Å². The molecule has 2 aromatic rings. The molecule has 3 rings (SSSR count). The summed E-state index contributed by atoms with van der Waals surface area (Å²) < 4.78 is 12.9. The summed E-state index contributed by atoms with van der Waals surface area (Å²) >= 11 is 1.60. The van der Waals surface area contributed by atoms with Gasteiger partial charge < -0.3 is 10.6 Å². The molecule has 2 unspecified atom stereocenters. The van der Waals surface area contributed by atoms with Gasteiger partial charge in [0.1, 0.15) is 11.9 Å². The summed E-state index contributed by atoms with van der Waals surface area (Å²) in [6.07, 6.45) is 0. The van der Waals surface area contributed by atoms with Crippen LogP contribution in [0.1, 0.15) is 16.5 Å². The molecular formula is C14H13FN2OS. The van der Waals surface area contributed by atoms with Gasteiger partial charge in [-0.1, -0.05) is 18.2 Å². The Morgan fingerprint density at radius 1 is 1.26 bits per heavy atom. The maximum absolute atomic E-state index is 12.9. The van der Waals surface area contributed by atoms with Crippen LogP contribution in [0.2, 0.25) is 0 Å². The molecule has 1 amide bonds. The normalized spacial score (nSPS) is 22.4. The molecule has 2 N–H and O–H groups in total. The first-order valence-corrected chi connectivity index (χ1v) is 6.88. The molecular weight excluding hydrogens is 263 g/mol. The second-order valence-electron chi connectivity index (χ2n) is 4.58. The van der Waals surface area contributed by atoms with E-state index in [1.807, 2.05) is 17.5 Å². The number of thiophene rings is 1. The Morgan fingerprint density at radius 2 is 2.00 bits per heavy atom. The number of β-lactam (4-membered cyclic amide) rings is 1. The zero-order valence-electron chi connectivity index (χ0n) is 10.1. The highest BCUT2D eigenvalue weighted by molar-refractivity contribution is 7.10. The van der Waals surface area contributed by atoms with Gasteiger partial charge in [-0.25, -0.2) is 4.39 Å². The second kappa shape index (κ2) is 4.75. The lowest BCUT2D eigenvalue weighted by atomic mass is 9.93. The van der Waals surface area contributed by atoms with Gasteiger partial charge in [-0.05, 0) is 29.1 Å². The summed E-state index contributed by atoms with van der Waals surface area (Å²) in [7, 11) is 0. The van der Waals surface area contributed by atoms with Gasteiger partial charge >= 0.3 is 0 Å². The van der Waals surface area contributed by atoms with E-state index < -0.39 is 6.04 Å². The highest BCUT2D eigenvalue weighted by Gasteiger charge is 2.45. The number of halogens is 1. The van der Waals surface area contributed by atoms with Crippen molar-refractivity contribution in [2.45, 2.75) is 18.6 Å². The summed E-state index contributed by atoms with van der Waals surface area (Å²) in [4.78, 5) is 14.7. The van der Waals surface area contributed by atoms with Gasteiger partial charge in [0, 0.05) is 11.4 Å². The Labute approximate surface area is 114 Å². The number of rotatable bonds is 3. The smallest absolute Gasteiger partial charge is 0.242 e. The van der Waals surface area contributed by atoms with Crippen molar-refractivity contribution >= 4 is 17.2 Å². The average molecular weight is 276 g/mol. The molecule has 5 heteroatoms. The van der Waals surface area contributed by atoms with Crippen LogP contribution in [0.3, 0.4) is 0 Å². The molecule has 1 aromatic carbocycles. The molecule has 0 spiro atoms. The molecule has 0 saturated carbocycles. The van der Waals surface area contributed by atoms with Crippen LogP contribution in [0.25, 0.3) is 0 Å². The van der Waals surface area contributed by atoms with E-state index in [-0.39, 0.29) is 17.8 Å². The lowest BCUT2D eigenvalue weighted by molar-refractivity contribution is -0.150. The Hall–Kier alpha value is -1.72. The molecule has 0 aliphatic carbocycles. The summed E-state index contributed by atoms with van der Waals surface area (Å²) in [5.41, 5.74) is 6.79. The molecule has 2 atom stereocenters. The Morgan fingerprint density at radius 3 is 2.63 bits per heavy atom. The van der Waals surface area contributed by atoms with Crippen molar-refractivity contribution in [2.75, 3.05) is 0 Å². The minimum absolute atomic E-state index is 0.0530. The molecule has 98 valence electrons. The molecule has 0 bridgehead atoms. The van der Waals surface area contributed by atoms with Crippen LogP contribution >= 0.6 is 11.3 Å². The zero-order chi connectivity index (χ0) is 13.4. The molecule has 2 heterocycles. The number of nitrogens with zero attached hydrogens (tertiary/aromatic N) is 1. The van der Waals surface area contributed by atoms with Crippen LogP contribution < -0.4 is 5.73 Å². The van der Waals surface area contributed by atoms with Gasteiger partial charge in [0.25, 0.3) is 0 Å². The molecule has 1 aromatic heterocycles. The van der Waals surface area contributed by atoms with E-state index in [0.717, 1.165) is 10.4 Å². The number of hydrogen-bond acceptors (Lipinski definition) is 3. The number of amides is 1. The second-order valence-corrected chi connectivity index (χ2v) is 5.56. The highest BCUT2D eigenvalue weighted by atomic mass is 32.1. The van der Waals surface area contributed by atoms with Gasteiger partial charge in [-0.15, -0.1) is 11.3 Å². The topological polar surface area (TPSA) is 46.3 Å². The third-order valence-electron chi connectivity index (χ3n) is 3.35. The SMILES string of the molecule is NC1C(=O)N(Cc2ccc(F)cc2)C1c1cccs1. The standard InChI is InChI=1S/C14H13FN2OS/c15-10-5-3-9(4-6-10)8-17-13(12(16)14(17)18)11-2-1-7-19-11/h1-7,12-13H,8,16H2. The molecule has 19 heavy (non-hydrogen) atoms. The maximum atomic E-state index is 12.9. The molecule has 1 fully saturated rings. The summed E-state index contributed by atoms with van der Waals surface area (Å²) in [5, 5.41) is 1.97. The van der Waals surface area contributed by atoms with Gasteiger partial charge in [0.05, 0.1) is 6.04 Å². The summed E-state index contributed by atoms with van der Waals surface area (Å²) in [6, 6.07) is 9.61. The molecule has 1 saturated heterocycles. The quantitative estimate of drug-likeness (QED) is 0.874. The van der Waals surface area contributed by atoms with Crippen LogP contribution in [0.5, 0.6) is 0 Å². The summed E-state index contributed by atoms with van der Waals surface area (Å²) in [6.45, 7) is 0.468. The molecule has 1 aliphatic rings. The van der Waals surface area contributed by atoms with E-state index in [4.69, 9.17) is 5.73 Å². The van der Waals surface area contributed by atoms with E-state index >= 15 is 0 Å². The van der Waals surface area contributed by atoms with Crippen molar-refractivity contribution in [1.82, 2.24) is 4.90 Å². The zero-order valence-corrected chi connectivity index (χ0v) is 10.9. The van der Waals surface area contributed by atoms with Gasteiger partial charge in [0.15, 0.2) is 0 Å². The lowest BCUT2D eigenvalue weighted by Gasteiger charge is -2.45. The predicted octanol–water partition coefficient (Wildman–Crippen LogP) is 2.30. The van der Waals surface area contributed by atoms with E-state index in [1.165, 1.54) is 12.1 Å². The average Bonchev–Trinajstić information content (AvgIpc) is 2.93. The Balaban J connectivity index is 1.79. The number of nitrogens with two attached hydrogens (primary N) is 1. The fourth-order valence-electron chi connectivity index (χ4n) is 2.33. The van der Waals surface area contributed by atoms with E-state index in [0.29, 0.717) is 6.54 Å². The fourth-order valence-corrected chi connectivity index (χ4v) is 3.21. The number of benzene rings is 1. The lowest BCUT2D eigenvalue weighted by Crippen LogP contribution is -2.62. The van der Waals surface area contributed by atoms with Crippen molar-refractivity contribution in [1.29, 1.82) is 0 Å². The van der Waals surface area contributed by atoms with Gasteiger partial charge in [0.2, 0.25) is 5.91 Å². The summed E-state index contributed by atoms with van der Waals surface area (Å²) in [5.74, 6) is -0.326. The monoisotopic (exact) mass is 276 g/mol. The predicted molar refractivity (Wildman–Crippen MR) is 72.0 cm³/mol. The number of hydrogen-bond donors (Lipinski definition) is 1. The van der Waals surface area contributed by atoms with Crippen LogP contribution in [-0.2, 0) is 11.3 Å². The van der Waals surface area contributed by atoms with E-state index in [1.54, 1.807) is 28.4 Å². The Bertz CT molecular complexity index is 582. The number of carbonyl (C=O) groups excluding carboxylic acids is 1. The molecule has 0 radical (unpaired) electrons.